The van der Waals surface area contributed by atoms with Gasteiger partial charge in [-0.3, -0.25) is 14.0 Å². The number of benzene rings is 1. The molecular formula is C28H30ClF3N4O2S. The van der Waals surface area contributed by atoms with Crippen LogP contribution in [0.25, 0.3) is 11.7 Å². The smallest absolute Gasteiger partial charge is 0.352 e. The number of pyridine rings is 1. The molecule has 0 atom stereocenters. The Hall–Kier alpha value is -2.98. The lowest BCUT2D eigenvalue weighted by Gasteiger charge is -2.32. The highest BCUT2D eigenvalue weighted by Gasteiger charge is 2.30. The second kappa shape index (κ2) is 12.5. The van der Waals surface area contributed by atoms with Gasteiger partial charge in [-0.05, 0) is 67.9 Å². The number of likely N-dealkylation sites (tertiary alicyclic amines) is 1. The van der Waals surface area contributed by atoms with Gasteiger partial charge in [0, 0.05) is 26.1 Å². The van der Waals surface area contributed by atoms with Crippen LogP contribution in [0.15, 0.2) is 58.6 Å². The maximum absolute atomic E-state index is 12.9. The van der Waals surface area contributed by atoms with Crippen LogP contribution >= 0.6 is 24.2 Å². The molecule has 2 aromatic heterocycles. The lowest BCUT2D eigenvalue weighted by atomic mass is 9.92. The number of nitrogens with zero attached hydrogens (tertiary/aromatic N) is 3. The van der Waals surface area contributed by atoms with E-state index in [0.717, 1.165) is 54.2 Å². The lowest BCUT2D eigenvalue weighted by molar-refractivity contribution is -0.137. The van der Waals surface area contributed by atoms with Crippen LogP contribution < -0.4 is 5.32 Å². The average Bonchev–Trinajstić information content (AvgIpc) is 3.34. The third-order valence-electron chi connectivity index (χ3n) is 7.16. The van der Waals surface area contributed by atoms with E-state index in [0.29, 0.717) is 42.4 Å². The summed E-state index contributed by atoms with van der Waals surface area (Å²) in [5.41, 5.74) is 1.61. The van der Waals surface area contributed by atoms with Gasteiger partial charge in [-0.1, -0.05) is 36.0 Å². The molecule has 1 aromatic carbocycles. The van der Waals surface area contributed by atoms with Crippen molar-refractivity contribution in [1.29, 1.82) is 0 Å². The Bertz CT molecular complexity index is 1370. The molecule has 4 heterocycles. The van der Waals surface area contributed by atoms with Crippen molar-refractivity contribution in [2.75, 3.05) is 19.6 Å². The molecule has 0 bridgehead atoms. The fourth-order valence-electron chi connectivity index (χ4n) is 5.06. The van der Waals surface area contributed by atoms with Crippen LogP contribution in [0.4, 0.5) is 13.2 Å². The van der Waals surface area contributed by atoms with Crippen LogP contribution in [0.1, 0.15) is 48.9 Å². The highest BCUT2D eigenvalue weighted by atomic mass is 35.5. The number of rotatable bonds is 8. The summed E-state index contributed by atoms with van der Waals surface area (Å²) in [4.78, 5) is 32.2. The summed E-state index contributed by atoms with van der Waals surface area (Å²) >= 11 is 1.44. The summed E-state index contributed by atoms with van der Waals surface area (Å²) < 4.78 is 40.7. The standard InChI is InChI=1S/C28H29F3N4O2S.ClH/c29-28(30,31)21-6-1-4-20(16-21)9-10-25(36)34-14-11-19(12-15-34)5-3-13-32-27(37)23-17-22-18-33-24-7-2-8-26(38-23)35(22)24;/h1-2,4,6-8,16-19H,3,5,9-15H2,(H,32,37);1H. The maximum atomic E-state index is 12.9. The van der Waals surface area contributed by atoms with Gasteiger partial charge in [0.1, 0.15) is 5.65 Å². The van der Waals surface area contributed by atoms with Crippen molar-refractivity contribution in [2.24, 2.45) is 5.92 Å². The Morgan fingerprint density at radius 2 is 1.87 bits per heavy atom. The molecule has 0 radical (unpaired) electrons. The first kappa shape index (κ1) is 29.0. The van der Waals surface area contributed by atoms with E-state index in [-0.39, 0.29) is 30.6 Å². The summed E-state index contributed by atoms with van der Waals surface area (Å²) in [6.07, 6.45) is 3.42. The van der Waals surface area contributed by atoms with Gasteiger partial charge in [-0.2, -0.15) is 13.2 Å². The molecule has 0 aliphatic carbocycles. The Labute approximate surface area is 235 Å². The molecule has 1 N–H and O–H groups in total. The average molecular weight is 579 g/mol. The second-order valence-corrected chi connectivity index (χ2v) is 10.8. The SMILES string of the molecule is Cl.O=C(NCCCC1CCN(C(=O)CCc2cccc(C(F)(F)F)c2)CC1)C1=Cc2cnc3cccc(n23)S1. The van der Waals surface area contributed by atoms with E-state index in [1.807, 2.05) is 33.6 Å². The number of hydrogen-bond donors (Lipinski definition) is 1. The lowest BCUT2D eigenvalue weighted by Crippen LogP contribution is -2.38. The number of carbonyl (C=O) groups is 2. The monoisotopic (exact) mass is 578 g/mol. The van der Waals surface area contributed by atoms with Crippen molar-refractivity contribution in [3.05, 3.63) is 70.4 Å². The minimum Gasteiger partial charge on any atom is -0.352 e. The van der Waals surface area contributed by atoms with Crippen LogP contribution in [-0.4, -0.2) is 45.7 Å². The number of imidazole rings is 1. The number of carbonyl (C=O) groups excluding carboxylic acids is 2. The number of halogens is 4. The first-order chi connectivity index (χ1) is 18.3. The van der Waals surface area contributed by atoms with Gasteiger partial charge in [-0.15, -0.1) is 12.4 Å². The molecule has 208 valence electrons. The van der Waals surface area contributed by atoms with E-state index in [1.165, 1.54) is 17.8 Å². The first-order valence-corrected chi connectivity index (χ1v) is 13.7. The molecule has 6 nitrogen and oxygen atoms in total. The van der Waals surface area contributed by atoms with Crippen LogP contribution in [0.5, 0.6) is 0 Å². The Morgan fingerprint density at radius 1 is 1.10 bits per heavy atom. The summed E-state index contributed by atoms with van der Waals surface area (Å²) in [5, 5.41) is 4.00. The molecule has 3 aromatic rings. The number of aryl methyl sites for hydroxylation is 1. The van der Waals surface area contributed by atoms with E-state index < -0.39 is 11.7 Å². The summed E-state index contributed by atoms with van der Waals surface area (Å²) in [6, 6.07) is 11.0. The summed E-state index contributed by atoms with van der Waals surface area (Å²) in [6.45, 7) is 1.93. The van der Waals surface area contributed by atoms with Gasteiger partial charge in [0.25, 0.3) is 5.91 Å². The molecule has 2 aliphatic heterocycles. The van der Waals surface area contributed by atoms with E-state index in [1.54, 1.807) is 12.3 Å². The van der Waals surface area contributed by atoms with Gasteiger partial charge < -0.3 is 10.2 Å². The zero-order chi connectivity index (χ0) is 26.7. The number of piperidine rings is 1. The molecule has 2 amide bonds. The van der Waals surface area contributed by atoms with Crippen LogP contribution in [0.2, 0.25) is 0 Å². The molecular weight excluding hydrogens is 549 g/mol. The quantitative estimate of drug-likeness (QED) is 0.334. The minimum atomic E-state index is -4.38. The van der Waals surface area contributed by atoms with Gasteiger partial charge >= 0.3 is 6.18 Å². The molecule has 11 heteroatoms. The highest BCUT2D eigenvalue weighted by molar-refractivity contribution is 8.04. The van der Waals surface area contributed by atoms with Crippen LogP contribution in [-0.2, 0) is 22.2 Å². The van der Waals surface area contributed by atoms with Crippen molar-refractivity contribution >= 4 is 47.7 Å². The maximum Gasteiger partial charge on any atom is 0.416 e. The third-order valence-corrected chi connectivity index (χ3v) is 8.21. The topological polar surface area (TPSA) is 66.7 Å². The van der Waals surface area contributed by atoms with E-state index in [2.05, 4.69) is 10.3 Å². The van der Waals surface area contributed by atoms with Crippen molar-refractivity contribution < 1.29 is 22.8 Å². The third kappa shape index (κ3) is 6.97. The molecule has 0 saturated carbocycles. The van der Waals surface area contributed by atoms with Crippen molar-refractivity contribution in [2.45, 2.75) is 49.7 Å². The Kier molecular flexibility index (Phi) is 9.27. The fourth-order valence-corrected chi connectivity index (χ4v) is 6.07. The zero-order valence-corrected chi connectivity index (χ0v) is 22.9. The number of thioether (sulfide) groups is 1. The van der Waals surface area contributed by atoms with E-state index in [9.17, 15) is 22.8 Å². The molecule has 1 saturated heterocycles. The summed E-state index contributed by atoms with van der Waals surface area (Å²) in [7, 11) is 0. The first-order valence-electron chi connectivity index (χ1n) is 12.9. The van der Waals surface area contributed by atoms with Crippen LogP contribution in [0.3, 0.4) is 0 Å². The normalized spacial score (nSPS) is 15.6. The Morgan fingerprint density at radius 3 is 2.64 bits per heavy atom. The number of amides is 2. The number of hydrogen-bond acceptors (Lipinski definition) is 4. The van der Waals surface area contributed by atoms with Crippen molar-refractivity contribution in [3.63, 3.8) is 0 Å². The number of nitrogens with one attached hydrogen (secondary N) is 1. The molecule has 1 fully saturated rings. The largest absolute Gasteiger partial charge is 0.416 e. The van der Waals surface area contributed by atoms with Gasteiger partial charge in [0.05, 0.1) is 27.4 Å². The minimum absolute atomic E-state index is 0. The number of aromatic nitrogens is 2. The predicted octanol–water partition coefficient (Wildman–Crippen LogP) is 5.99. The Balaban J connectivity index is 0.00000353. The molecule has 0 spiro atoms. The van der Waals surface area contributed by atoms with Crippen LogP contribution in [0, 0.1) is 5.92 Å². The fraction of sp³-hybridized carbons (Fsp3) is 0.393. The molecule has 2 aliphatic rings. The molecule has 39 heavy (non-hydrogen) atoms. The summed E-state index contributed by atoms with van der Waals surface area (Å²) in [5.74, 6) is 0.402. The van der Waals surface area contributed by atoms with E-state index >= 15 is 0 Å². The number of alkyl halides is 3. The van der Waals surface area contributed by atoms with Gasteiger partial charge in [0.15, 0.2) is 0 Å². The molecule has 0 unspecified atom stereocenters. The predicted molar refractivity (Wildman–Crippen MR) is 148 cm³/mol. The molecule has 5 rings (SSSR count). The zero-order valence-electron chi connectivity index (χ0n) is 21.2. The van der Waals surface area contributed by atoms with Gasteiger partial charge in [0.2, 0.25) is 5.91 Å². The van der Waals surface area contributed by atoms with E-state index in [4.69, 9.17) is 0 Å². The van der Waals surface area contributed by atoms with Crippen molar-refractivity contribution in [1.82, 2.24) is 19.6 Å². The highest BCUT2D eigenvalue weighted by Crippen LogP contribution is 2.34. The van der Waals surface area contributed by atoms with Crippen molar-refractivity contribution in [3.8, 4) is 0 Å². The van der Waals surface area contributed by atoms with Gasteiger partial charge in [-0.25, -0.2) is 4.98 Å². The second-order valence-electron chi connectivity index (χ2n) is 9.77.